The molecule has 0 radical (unpaired) electrons. The fourth-order valence-corrected chi connectivity index (χ4v) is 14.4. The van der Waals surface area contributed by atoms with Crippen molar-refractivity contribution in [2.45, 2.75) is 217 Å². The first kappa shape index (κ1) is 87.4. The van der Waals surface area contributed by atoms with Crippen molar-refractivity contribution < 1.29 is 70.1 Å². The topological polar surface area (TPSA) is 342 Å². The molecule has 10 N–H and O–H groups in total. The van der Waals surface area contributed by atoms with E-state index in [0.29, 0.717) is 82.8 Å². The number of nitrogens with one attached hydrogen (secondary N) is 6. The van der Waals surface area contributed by atoms with Crippen molar-refractivity contribution in [3.05, 3.63) is 159 Å². The number of nitrogens with two attached hydrogens (primary N) is 1. The predicted octanol–water partition coefficient (Wildman–Crippen LogP) is 12.4. The van der Waals surface area contributed by atoms with Gasteiger partial charge in [-0.3, -0.25) is 19.4 Å². The molecule has 4 aliphatic rings. The van der Waals surface area contributed by atoms with Crippen LogP contribution in [0.2, 0.25) is 0 Å². The third-order valence-electron chi connectivity index (χ3n) is 20.9. The van der Waals surface area contributed by atoms with E-state index in [-0.39, 0.29) is 41.7 Å². The number of nitrogens with zero attached hydrogens (tertiary/aromatic N) is 9. The number of carbonyl (C=O) groups excluding carboxylic acids is 7. The van der Waals surface area contributed by atoms with Crippen molar-refractivity contribution in [1.29, 1.82) is 0 Å². The fraction of sp³-hybridized carbons (Fsp3) is 0.494. The number of likely N-dealkylation sites (N-methyl/N-ethyl adjacent to an activating group) is 2. The number of fused-ring (bicyclic) bond motifs is 4. The van der Waals surface area contributed by atoms with Crippen LogP contribution in [0.4, 0.5) is 45.5 Å². The van der Waals surface area contributed by atoms with Gasteiger partial charge in [-0.15, -0.1) is 0 Å². The molecule has 12 rings (SSSR count). The van der Waals surface area contributed by atoms with E-state index in [1.54, 1.807) is 40.2 Å². The van der Waals surface area contributed by atoms with Gasteiger partial charge in [-0.1, -0.05) is 96.9 Å². The monoisotopic (exact) mass is 1580 g/mol. The third-order valence-corrected chi connectivity index (χ3v) is 20.9. The lowest BCUT2D eigenvalue weighted by Gasteiger charge is -2.31. The Morgan fingerprint density at radius 1 is 0.482 bits per heavy atom. The maximum atomic E-state index is 13.9. The van der Waals surface area contributed by atoms with Crippen LogP contribution in [0.3, 0.4) is 0 Å². The van der Waals surface area contributed by atoms with Crippen molar-refractivity contribution in [3.8, 4) is 45.0 Å². The van der Waals surface area contributed by atoms with E-state index < -0.39 is 105 Å². The fourth-order valence-electron chi connectivity index (χ4n) is 14.4. The summed E-state index contributed by atoms with van der Waals surface area (Å²) in [6.07, 6.45) is 13.2. The van der Waals surface area contributed by atoms with Crippen molar-refractivity contribution in [2.75, 3.05) is 20.7 Å². The highest BCUT2D eigenvalue weighted by Crippen LogP contribution is 2.41. The van der Waals surface area contributed by atoms with Crippen LogP contribution in [0.5, 0.6) is 0 Å². The number of primary amides is 1. The highest BCUT2D eigenvalue weighted by molar-refractivity contribution is 5.91. The van der Waals surface area contributed by atoms with E-state index in [1.165, 1.54) is 44.0 Å². The molecule has 7 amide bonds. The number of benzene rings is 3. The lowest BCUT2D eigenvalue weighted by atomic mass is 9.75. The summed E-state index contributed by atoms with van der Waals surface area (Å²) in [7, 11) is 3.06. The van der Waals surface area contributed by atoms with Gasteiger partial charge >= 0.3 is 24.1 Å². The number of hydrogen-bond acceptors (Lipinski definition) is 14. The Kier molecular flexibility index (Phi) is 27.2. The highest BCUT2D eigenvalue weighted by Gasteiger charge is 2.40. The van der Waals surface area contributed by atoms with E-state index in [0.717, 1.165) is 127 Å². The molecule has 0 spiro atoms. The van der Waals surface area contributed by atoms with Gasteiger partial charge in [0.1, 0.15) is 18.1 Å². The van der Waals surface area contributed by atoms with E-state index in [9.17, 15) is 70.1 Å². The van der Waals surface area contributed by atoms with Gasteiger partial charge in [0.2, 0.25) is 17.7 Å². The summed E-state index contributed by atoms with van der Waals surface area (Å²) >= 11 is 0. The summed E-state index contributed by atoms with van der Waals surface area (Å²) in [6, 6.07) is 9.72. The Hall–Kier alpha value is -10.6. The van der Waals surface area contributed by atoms with Crippen molar-refractivity contribution in [3.63, 3.8) is 0 Å². The van der Waals surface area contributed by atoms with Crippen LogP contribution >= 0.6 is 0 Å². The van der Waals surface area contributed by atoms with Gasteiger partial charge in [-0.25, -0.2) is 45.5 Å². The number of rotatable bonds is 12. The molecular formula is C83H106F6N16O9. The zero-order chi connectivity index (χ0) is 84.0. The lowest BCUT2D eigenvalue weighted by Crippen LogP contribution is -2.54. The van der Waals surface area contributed by atoms with E-state index in [1.807, 2.05) is 74.4 Å². The minimum absolute atomic E-state index is 0.0220. The van der Waals surface area contributed by atoms with Crippen LogP contribution in [0.25, 0.3) is 45.0 Å². The standard InChI is InChI=1S/C22H28F2N4O2.C21H26F2N4O3.C20H25F2N3O2.C20H27N5O2/c1-21(2,3)18(19(25)29)26-20(30)28-16-8-9-22(4,5)11-13(16)17(27-28)12-6-7-14(23)15(24)10-12;1-21(2,3)18(19(29)24-4)25-20(30)27-16-8-6-12(28)10-13(16)17(26-27)11-5-7-14(22)15(23)9-11;1-20(2,3)17(11-26)23-19(27)25-16-7-5-4-6-13(16)18(24-25)12-8-9-14(21)15(22)10-12;1-20(2,3)17(18(26)21-4)23-19(27)25-15-10-6-5-9-14(15)16(24-25)13-8-7-11-22-12-13/h6-7,10,18H,8-9,11H2,1-5H3,(H2,25,29)(H,26,30);5,7,9,12,18,28H,6,8,10H2,1-4H3,(H,24,29)(H,25,30);8-10,17,26H,4-7,11H2,1-3H3,(H,23,27);7-8,11-12,17H,5-6,9-10H2,1-4H3,(H,21,26)(H,23,27)/t18-;12?,18-;2*17-/m1111/s1. The Morgan fingerprint density at radius 3 is 1.22 bits per heavy atom. The molecule has 1 unspecified atom stereocenters. The molecule has 114 heavy (non-hydrogen) atoms. The normalized spacial score (nSPS) is 16.1. The molecule has 0 saturated heterocycles. The Morgan fingerprint density at radius 2 is 0.851 bits per heavy atom. The zero-order valence-electron chi connectivity index (χ0n) is 67.6. The molecule has 8 aromatic rings. The average molecular weight is 1590 g/mol. The number of carbonyl (C=O) groups is 7. The van der Waals surface area contributed by atoms with Gasteiger partial charge in [-0.2, -0.15) is 39.1 Å². The lowest BCUT2D eigenvalue weighted by molar-refractivity contribution is -0.125. The van der Waals surface area contributed by atoms with Crippen molar-refractivity contribution in [1.82, 2.24) is 76.0 Å². The minimum atomic E-state index is -1.02. The van der Waals surface area contributed by atoms with Crippen LogP contribution in [-0.2, 0) is 65.8 Å². The van der Waals surface area contributed by atoms with Gasteiger partial charge in [0.25, 0.3) is 0 Å². The minimum Gasteiger partial charge on any atom is -0.394 e. The molecule has 0 bridgehead atoms. The first-order valence-electron chi connectivity index (χ1n) is 38.3. The number of hydrogen-bond donors (Lipinski definition) is 9. The first-order chi connectivity index (χ1) is 53.4. The molecule has 5 atom stereocenters. The molecule has 5 aromatic heterocycles. The van der Waals surface area contributed by atoms with Crippen LogP contribution in [-0.4, -0.2) is 147 Å². The summed E-state index contributed by atoms with van der Waals surface area (Å²) in [6.45, 7) is 26.5. The van der Waals surface area contributed by atoms with Gasteiger partial charge in [0.05, 0.1) is 64.3 Å². The van der Waals surface area contributed by atoms with Crippen LogP contribution in [0.1, 0.15) is 180 Å². The molecule has 0 fully saturated rings. The number of halogens is 6. The molecule has 25 nitrogen and oxygen atoms in total. The number of pyridine rings is 1. The second-order valence-electron chi connectivity index (χ2n) is 34.4. The van der Waals surface area contributed by atoms with Crippen LogP contribution < -0.4 is 37.6 Å². The number of aliphatic hydroxyl groups excluding tert-OH is 2. The smallest absolute Gasteiger partial charge is 0.343 e. The molecular weight excluding hydrogens is 1480 g/mol. The maximum absolute atomic E-state index is 13.9. The summed E-state index contributed by atoms with van der Waals surface area (Å²) in [5.41, 5.74) is 14.2. The quantitative estimate of drug-likeness (QED) is 0.0514. The number of amides is 7. The Bertz CT molecular complexity index is 4890. The molecule has 4 aliphatic carbocycles. The summed E-state index contributed by atoms with van der Waals surface area (Å²) in [5, 5.41) is 53.9. The second kappa shape index (κ2) is 35.4. The molecule has 5 heterocycles. The third kappa shape index (κ3) is 20.3. The first-order valence-corrected chi connectivity index (χ1v) is 38.3. The molecule has 614 valence electrons. The number of aliphatic hydroxyl groups is 2. The average Bonchev–Trinajstić information content (AvgIpc) is 1.61. The van der Waals surface area contributed by atoms with E-state index in [4.69, 9.17) is 5.73 Å². The maximum Gasteiger partial charge on any atom is 0.343 e. The van der Waals surface area contributed by atoms with Gasteiger partial charge in [0.15, 0.2) is 34.9 Å². The summed E-state index contributed by atoms with van der Waals surface area (Å²) < 4.78 is 86.6. The van der Waals surface area contributed by atoms with Gasteiger partial charge < -0.3 is 47.8 Å². The van der Waals surface area contributed by atoms with E-state index >= 15 is 0 Å². The SMILES string of the molecule is CC(C)(C)[C@@H](CO)NC(=O)n1nc(-c2ccc(F)c(F)c2)c2c1CCCC2.CC1(C)CCc2c(c(-c3ccc(F)c(F)c3)nn2C(=O)N[C@H](C(N)=O)C(C)(C)C)C1.CNC(=O)[C@@H](NC(=O)n1nc(-c2ccc(F)c(F)c2)c2c1CCC(O)C2)C(C)(C)C.CNC(=O)[C@@H](NC(=O)n1nc(-c2cccnc2)c2c1CCCC2)C(C)(C)C. The summed E-state index contributed by atoms with van der Waals surface area (Å²) in [5.74, 6) is -6.98. The highest BCUT2D eigenvalue weighted by atomic mass is 19.2. The molecule has 3 aromatic carbocycles. The molecule has 0 saturated carbocycles. The van der Waals surface area contributed by atoms with Crippen molar-refractivity contribution >= 4 is 41.8 Å². The Balaban J connectivity index is 0.000000174. The number of aromatic nitrogens is 9. The summed E-state index contributed by atoms with van der Waals surface area (Å²) in [4.78, 5) is 92.6. The van der Waals surface area contributed by atoms with Crippen LogP contribution in [0.15, 0.2) is 79.1 Å². The largest absolute Gasteiger partial charge is 0.394 e. The predicted molar refractivity (Wildman–Crippen MR) is 418 cm³/mol. The van der Waals surface area contributed by atoms with Crippen LogP contribution in [0, 0.1) is 62.0 Å². The second-order valence-corrected chi connectivity index (χ2v) is 34.4. The zero-order valence-corrected chi connectivity index (χ0v) is 67.6. The Labute approximate surface area is 659 Å². The van der Waals surface area contributed by atoms with E-state index in [2.05, 4.69) is 71.1 Å². The van der Waals surface area contributed by atoms with Gasteiger partial charge in [-0.05, 0) is 177 Å². The molecule has 31 heteroatoms. The molecule has 0 aliphatic heterocycles. The van der Waals surface area contributed by atoms with Crippen molar-refractivity contribution in [2.24, 2.45) is 32.8 Å². The van der Waals surface area contributed by atoms with Gasteiger partial charge in [0, 0.05) is 77.4 Å².